The first-order valence-electron chi connectivity index (χ1n) is 9.23. The summed E-state index contributed by atoms with van der Waals surface area (Å²) in [5.41, 5.74) is 2.02. The molecule has 3 rings (SSSR count). The molecule has 0 unspecified atom stereocenters. The van der Waals surface area contributed by atoms with Crippen molar-refractivity contribution in [3.63, 3.8) is 0 Å². The lowest BCUT2D eigenvalue weighted by molar-refractivity contribution is 0.0469. The summed E-state index contributed by atoms with van der Waals surface area (Å²) in [6, 6.07) is 5.61. The highest BCUT2D eigenvalue weighted by atomic mass is 19.1. The van der Waals surface area contributed by atoms with Gasteiger partial charge in [-0.05, 0) is 44.9 Å². The van der Waals surface area contributed by atoms with Gasteiger partial charge in [0.15, 0.2) is 6.61 Å². The molecule has 150 valence electrons. The Morgan fingerprint density at radius 3 is 2.68 bits per heavy atom. The first-order valence-corrected chi connectivity index (χ1v) is 9.23. The van der Waals surface area contributed by atoms with Gasteiger partial charge in [0.1, 0.15) is 11.6 Å². The van der Waals surface area contributed by atoms with Gasteiger partial charge in [-0.1, -0.05) is 0 Å². The Morgan fingerprint density at radius 1 is 1.25 bits per heavy atom. The fourth-order valence-corrected chi connectivity index (χ4v) is 3.43. The lowest BCUT2D eigenvalue weighted by atomic mass is 10.1. The molecule has 0 amide bonds. The Hall–Kier alpha value is -2.67. The summed E-state index contributed by atoms with van der Waals surface area (Å²) in [6.07, 6.45) is 2.21. The second kappa shape index (κ2) is 8.56. The van der Waals surface area contributed by atoms with E-state index in [0.717, 1.165) is 36.9 Å². The van der Waals surface area contributed by atoms with Crippen LogP contribution in [0.25, 0.3) is 0 Å². The molecule has 1 aromatic carbocycles. The third-order valence-corrected chi connectivity index (χ3v) is 5.01. The normalized spacial score (nSPS) is 16.2. The standard InChI is InChI=1S/C21H24FNO5/c1-13-9-18(14(2)23(13)11-16-5-4-8-27-16)20(24)12-28-21(25)17-7-6-15(26-3)10-19(17)22/h6-7,9-10,16H,4-5,8,11-12H2,1-3H3/t16-/m0/s1. The number of aryl methyl sites for hydroxylation is 1. The van der Waals surface area contributed by atoms with Gasteiger partial charge in [0.25, 0.3) is 0 Å². The van der Waals surface area contributed by atoms with Gasteiger partial charge in [-0.3, -0.25) is 4.79 Å². The van der Waals surface area contributed by atoms with Gasteiger partial charge in [-0.2, -0.15) is 0 Å². The quantitative estimate of drug-likeness (QED) is 0.536. The van der Waals surface area contributed by atoms with E-state index >= 15 is 0 Å². The minimum Gasteiger partial charge on any atom is -0.497 e. The zero-order valence-electron chi connectivity index (χ0n) is 16.3. The number of carbonyl (C=O) groups excluding carboxylic acids is 2. The highest BCUT2D eigenvalue weighted by molar-refractivity contribution is 6.00. The molecule has 0 bridgehead atoms. The van der Waals surface area contributed by atoms with Crippen LogP contribution in [0.1, 0.15) is 44.9 Å². The molecule has 0 aliphatic carbocycles. The maximum Gasteiger partial charge on any atom is 0.341 e. The number of rotatable bonds is 7. The molecule has 1 fully saturated rings. The molecule has 1 aliphatic rings. The summed E-state index contributed by atoms with van der Waals surface area (Å²) in [6.45, 7) is 4.81. The predicted octanol–water partition coefficient (Wildman–Crippen LogP) is 3.47. The van der Waals surface area contributed by atoms with E-state index in [1.54, 1.807) is 6.07 Å². The van der Waals surface area contributed by atoms with Crippen molar-refractivity contribution in [3.8, 4) is 5.75 Å². The zero-order valence-corrected chi connectivity index (χ0v) is 16.3. The van der Waals surface area contributed by atoms with E-state index in [2.05, 4.69) is 0 Å². The molecule has 0 spiro atoms. The number of ether oxygens (including phenoxy) is 3. The summed E-state index contributed by atoms with van der Waals surface area (Å²) in [4.78, 5) is 24.7. The second-order valence-corrected chi connectivity index (χ2v) is 6.88. The van der Waals surface area contributed by atoms with Crippen LogP contribution >= 0.6 is 0 Å². The Morgan fingerprint density at radius 2 is 2.04 bits per heavy atom. The van der Waals surface area contributed by atoms with Gasteiger partial charge >= 0.3 is 5.97 Å². The summed E-state index contributed by atoms with van der Waals surface area (Å²) >= 11 is 0. The monoisotopic (exact) mass is 389 g/mol. The first-order chi connectivity index (χ1) is 13.4. The SMILES string of the molecule is COc1ccc(C(=O)OCC(=O)c2cc(C)n(C[C@@H]3CCCO3)c2C)c(F)c1. The third kappa shape index (κ3) is 4.25. The minimum absolute atomic E-state index is 0.156. The van der Waals surface area contributed by atoms with Crippen LogP contribution in [0.4, 0.5) is 4.39 Å². The number of benzene rings is 1. The Kier molecular flexibility index (Phi) is 6.14. The van der Waals surface area contributed by atoms with Crippen LogP contribution in [-0.4, -0.2) is 42.7 Å². The molecule has 1 aliphatic heterocycles. The van der Waals surface area contributed by atoms with Crippen molar-refractivity contribution in [2.45, 2.75) is 39.3 Å². The predicted molar refractivity (Wildman–Crippen MR) is 100 cm³/mol. The maximum atomic E-state index is 14.0. The van der Waals surface area contributed by atoms with Crippen molar-refractivity contribution in [1.29, 1.82) is 0 Å². The van der Waals surface area contributed by atoms with E-state index in [9.17, 15) is 14.0 Å². The van der Waals surface area contributed by atoms with E-state index in [1.807, 2.05) is 18.4 Å². The van der Waals surface area contributed by atoms with Crippen molar-refractivity contribution < 1.29 is 28.2 Å². The van der Waals surface area contributed by atoms with Crippen LogP contribution in [-0.2, 0) is 16.0 Å². The number of halogens is 1. The molecule has 1 aromatic heterocycles. The van der Waals surface area contributed by atoms with Crippen LogP contribution < -0.4 is 4.74 Å². The van der Waals surface area contributed by atoms with E-state index in [0.29, 0.717) is 17.9 Å². The van der Waals surface area contributed by atoms with Crippen LogP contribution in [0.5, 0.6) is 5.75 Å². The molecular formula is C21H24FNO5. The highest BCUT2D eigenvalue weighted by Crippen LogP contribution is 2.21. The molecule has 28 heavy (non-hydrogen) atoms. The summed E-state index contributed by atoms with van der Waals surface area (Å²) in [5, 5.41) is 0. The molecule has 7 heteroatoms. The van der Waals surface area contributed by atoms with E-state index in [-0.39, 0.29) is 17.5 Å². The second-order valence-electron chi connectivity index (χ2n) is 6.88. The first kappa shape index (κ1) is 20.1. The number of nitrogens with zero attached hydrogens (tertiary/aromatic N) is 1. The van der Waals surface area contributed by atoms with E-state index in [4.69, 9.17) is 14.2 Å². The van der Waals surface area contributed by atoms with Crippen molar-refractivity contribution >= 4 is 11.8 Å². The van der Waals surface area contributed by atoms with E-state index < -0.39 is 18.4 Å². The Bertz CT molecular complexity index is 883. The molecule has 6 nitrogen and oxygen atoms in total. The molecule has 1 atom stereocenters. The number of hydrogen-bond donors (Lipinski definition) is 0. The van der Waals surface area contributed by atoms with Gasteiger partial charge < -0.3 is 18.8 Å². The molecular weight excluding hydrogens is 365 g/mol. The fraction of sp³-hybridized carbons (Fsp3) is 0.429. The van der Waals surface area contributed by atoms with Crippen LogP contribution in [0, 0.1) is 19.7 Å². The average Bonchev–Trinajstić information content (AvgIpc) is 3.29. The smallest absolute Gasteiger partial charge is 0.341 e. The molecule has 1 saturated heterocycles. The lowest BCUT2D eigenvalue weighted by Crippen LogP contribution is -2.18. The van der Waals surface area contributed by atoms with Crippen molar-refractivity contribution in [1.82, 2.24) is 4.57 Å². The number of carbonyl (C=O) groups is 2. The van der Waals surface area contributed by atoms with E-state index in [1.165, 1.54) is 19.2 Å². The number of hydrogen-bond acceptors (Lipinski definition) is 5. The van der Waals surface area contributed by atoms with Crippen molar-refractivity contribution in [2.24, 2.45) is 0 Å². The summed E-state index contributed by atoms with van der Waals surface area (Å²) < 4.78 is 31.6. The zero-order chi connectivity index (χ0) is 20.3. The summed E-state index contributed by atoms with van der Waals surface area (Å²) in [7, 11) is 1.40. The van der Waals surface area contributed by atoms with Crippen molar-refractivity contribution in [3.05, 3.63) is 52.6 Å². The molecule has 2 aromatic rings. The minimum atomic E-state index is -0.887. The van der Waals surface area contributed by atoms with Gasteiger partial charge in [-0.25, -0.2) is 9.18 Å². The van der Waals surface area contributed by atoms with Crippen LogP contribution in [0.15, 0.2) is 24.3 Å². The number of methoxy groups -OCH3 is 1. The number of Topliss-reactive ketones (excluding diaryl/α,β-unsaturated/α-hetero) is 1. The highest BCUT2D eigenvalue weighted by Gasteiger charge is 2.22. The summed E-state index contributed by atoms with van der Waals surface area (Å²) in [5.74, 6) is -1.68. The maximum absolute atomic E-state index is 14.0. The molecule has 0 saturated carbocycles. The molecule has 0 N–H and O–H groups in total. The Balaban J connectivity index is 1.65. The van der Waals surface area contributed by atoms with Crippen LogP contribution in [0.2, 0.25) is 0 Å². The molecule has 2 heterocycles. The van der Waals surface area contributed by atoms with Crippen LogP contribution in [0.3, 0.4) is 0 Å². The number of ketones is 1. The topological polar surface area (TPSA) is 66.8 Å². The number of esters is 1. The third-order valence-electron chi connectivity index (χ3n) is 5.01. The van der Waals surface area contributed by atoms with Crippen molar-refractivity contribution in [2.75, 3.05) is 20.3 Å². The van der Waals surface area contributed by atoms with Gasteiger partial charge in [0.2, 0.25) is 5.78 Å². The largest absolute Gasteiger partial charge is 0.497 e. The fourth-order valence-electron chi connectivity index (χ4n) is 3.43. The lowest BCUT2D eigenvalue weighted by Gasteiger charge is -2.14. The Labute approximate surface area is 163 Å². The van der Waals surface area contributed by atoms with Gasteiger partial charge in [0.05, 0.1) is 18.8 Å². The number of aromatic nitrogens is 1. The molecule has 0 radical (unpaired) electrons. The average molecular weight is 389 g/mol. The van der Waals surface area contributed by atoms with Gasteiger partial charge in [-0.15, -0.1) is 0 Å². The van der Waals surface area contributed by atoms with Gasteiger partial charge in [0, 0.05) is 36.2 Å².